The van der Waals surface area contributed by atoms with Gasteiger partial charge in [0.25, 0.3) is 5.91 Å². The molecule has 0 saturated carbocycles. The molecule has 4 nitrogen and oxygen atoms in total. The maximum Gasteiger partial charge on any atom is 0.262 e. The van der Waals surface area contributed by atoms with Gasteiger partial charge in [0.1, 0.15) is 22.9 Å². The molecule has 0 unspecified atom stereocenters. The Hall–Kier alpha value is -2.56. The molecule has 0 bridgehead atoms. The summed E-state index contributed by atoms with van der Waals surface area (Å²) in [5.41, 5.74) is 0.393. The molecule has 0 fully saturated rings. The Bertz CT molecular complexity index is 620. The summed E-state index contributed by atoms with van der Waals surface area (Å²) >= 11 is 0. The third-order valence-corrected chi connectivity index (χ3v) is 2.77. The van der Waals surface area contributed by atoms with Crippen molar-refractivity contribution in [3.63, 3.8) is 0 Å². The third-order valence-electron chi connectivity index (χ3n) is 2.77. The highest BCUT2D eigenvalue weighted by atomic mass is 19.1. The molecule has 3 N–H and O–H groups in total. The van der Waals surface area contributed by atoms with Crippen molar-refractivity contribution >= 4 is 11.6 Å². The minimum Gasteiger partial charge on any atom is -0.508 e. The first-order chi connectivity index (χ1) is 9.00. The first-order valence-corrected chi connectivity index (χ1v) is 5.58. The van der Waals surface area contributed by atoms with Gasteiger partial charge in [-0.05, 0) is 31.2 Å². The van der Waals surface area contributed by atoms with Gasteiger partial charge in [-0.3, -0.25) is 4.79 Å². The molecular formula is C14H12FNO3. The number of phenols is 2. The topological polar surface area (TPSA) is 69.6 Å². The van der Waals surface area contributed by atoms with Gasteiger partial charge in [0.05, 0.1) is 0 Å². The van der Waals surface area contributed by atoms with Crippen molar-refractivity contribution in [1.29, 1.82) is 0 Å². The minimum atomic E-state index is -0.810. The van der Waals surface area contributed by atoms with Crippen LogP contribution in [0.5, 0.6) is 11.5 Å². The normalized spacial score (nSPS) is 10.2. The van der Waals surface area contributed by atoms with Crippen molar-refractivity contribution in [2.75, 3.05) is 5.32 Å². The summed E-state index contributed by atoms with van der Waals surface area (Å²) in [5.74, 6) is -1.99. The van der Waals surface area contributed by atoms with Crippen molar-refractivity contribution < 1.29 is 19.4 Å². The Labute approximate surface area is 109 Å². The van der Waals surface area contributed by atoms with Gasteiger partial charge in [-0.1, -0.05) is 12.1 Å². The van der Waals surface area contributed by atoms with Crippen LogP contribution >= 0.6 is 0 Å². The monoisotopic (exact) mass is 261 g/mol. The van der Waals surface area contributed by atoms with E-state index in [1.165, 1.54) is 18.2 Å². The molecule has 2 aromatic carbocycles. The minimum absolute atomic E-state index is 0.0237. The molecule has 19 heavy (non-hydrogen) atoms. The Balaban J connectivity index is 2.34. The molecule has 2 aromatic rings. The molecular weight excluding hydrogens is 249 g/mol. The van der Waals surface area contributed by atoms with Gasteiger partial charge in [0, 0.05) is 11.3 Å². The first kappa shape index (κ1) is 12.9. The average Bonchev–Trinajstić information content (AvgIpc) is 2.35. The van der Waals surface area contributed by atoms with Crippen LogP contribution in [0.3, 0.4) is 0 Å². The van der Waals surface area contributed by atoms with Crippen LogP contribution in [-0.2, 0) is 0 Å². The molecule has 0 spiro atoms. The molecule has 5 heteroatoms. The van der Waals surface area contributed by atoms with E-state index in [0.29, 0.717) is 11.3 Å². The zero-order valence-corrected chi connectivity index (χ0v) is 10.1. The number of rotatable bonds is 2. The largest absolute Gasteiger partial charge is 0.508 e. The van der Waals surface area contributed by atoms with Gasteiger partial charge in [-0.15, -0.1) is 0 Å². The number of halogens is 1. The molecule has 2 rings (SSSR count). The van der Waals surface area contributed by atoms with E-state index in [-0.39, 0.29) is 5.75 Å². The Morgan fingerprint density at radius 2 is 1.74 bits per heavy atom. The predicted octanol–water partition coefficient (Wildman–Crippen LogP) is 2.80. The van der Waals surface area contributed by atoms with Gasteiger partial charge < -0.3 is 15.5 Å². The molecule has 0 saturated heterocycles. The van der Waals surface area contributed by atoms with Crippen molar-refractivity contribution in [1.82, 2.24) is 0 Å². The van der Waals surface area contributed by atoms with Crippen LogP contribution in [0.15, 0.2) is 36.4 Å². The number of carbonyl (C=O) groups is 1. The van der Waals surface area contributed by atoms with Gasteiger partial charge >= 0.3 is 0 Å². The molecule has 1 amide bonds. The van der Waals surface area contributed by atoms with Crippen LogP contribution in [0.1, 0.15) is 15.9 Å². The highest BCUT2D eigenvalue weighted by Gasteiger charge is 2.17. The zero-order chi connectivity index (χ0) is 14.0. The summed E-state index contributed by atoms with van der Waals surface area (Å²) in [6.07, 6.45) is 0. The lowest BCUT2D eigenvalue weighted by molar-refractivity contribution is 0.102. The number of amides is 1. The molecule has 0 aliphatic rings. The van der Waals surface area contributed by atoms with E-state index in [2.05, 4.69) is 5.32 Å². The van der Waals surface area contributed by atoms with Crippen LogP contribution in [0.25, 0.3) is 0 Å². The fourth-order valence-corrected chi connectivity index (χ4v) is 1.68. The van der Waals surface area contributed by atoms with Crippen molar-refractivity contribution in [3.8, 4) is 11.5 Å². The second-order valence-corrected chi connectivity index (χ2v) is 4.04. The molecule has 0 aliphatic carbocycles. The average molecular weight is 261 g/mol. The zero-order valence-electron chi connectivity index (χ0n) is 10.1. The van der Waals surface area contributed by atoms with Crippen LogP contribution in [0.2, 0.25) is 0 Å². The smallest absolute Gasteiger partial charge is 0.262 e. The van der Waals surface area contributed by atoms with Crippen molar-refractivity contribution in [2.24, 2.45) is 0 Å². The SMILES string of the molecule is Cc1c(O)cccc1NC(=O)c1c(O)cccc1F. The third kappa shape index (κ3) is 2.49. The van der Waals surface area contributed by atoms with Gasteiger partial charge in [0.2, 0.25) is 0 Å². The van der Waals surface area contributed by atoms with E-state index in [1.807, 2.05) is 0 Å². The summed E-state index contributed by atoms with van der Waals surface area (Å²) in [7, 11) is 0. The Kier molecular flexibility index (Phi) is 3.37. The molecule has 98 valence electrons. The number of nitrogens with one attached hydrogen (secondary N) is 1. The maximum absolute atomic E-state index is 13.5. The second kappa shape index (κ2) is 4.97. The van der Waals surface area contributed by atoms with Gasteiger partial charge in [-0.25, -0.2) is 4.39 Å². The highest BCUT2D eigenvalue weighted by Crippen LogP contribution is 2.26. The van der Waals surface area contributed by atoms with Crippen molar-refractivity contribution in [2.45, 2.75) is 6.92 Å². The van der Waals surface area contributed by atoms with E-state index in [9.17, 15) is 19.4 Å². The molecule has 0 aromatic heterocycles. The van der Waals surface area contributed by atoms with Gasteiger partial charge in [0.15, 0.2) is 0 Å². The Morgan fingerprint density at radius 1 is 1.11 bits per heavy atom. The van der Waals surface area contributed by atoms with E-state index in [1.54, 1.807) is 19.1 Å². The second-order valence-electron chi connectivity index (χ2n) is 4.04. The number of hydrogen-bond donors (Lipinski definition) is 3. The lowest BCUT2D eigenvalue weighted by Gasteiger charge is -2.10. The number of phenolic OH excluding ortho intramolecular Hbond substituents is 2. The summed E-state index contributed by atoms with van der Waals surface area (Å²) in [6.45, 7) is 1.62. The molecule has 0 radical (unpaired) electrons. The summed E-state index contributed by atoms with van der Waals surface area (Å²) in [4.78, 5) is 11.9. The number of aromatic hydroxyl groups is 2. The number of hydrogen-bond acceptors (Lipinski definition) is 3. The van der Waals surface area contributed by atoms with Gasteiger partial charge in [-0.2, -0.15) is 0 Å². The summed E-state index contributed by atoms with van der Waals surface area (Å²) < 4.78 is 13.5. The first-order valence-electron chi connectivity index (χ1n) is 5.58. The predicted molar refractivity (Wildman–Crippen MR) is 68.9 cm³/mol. The standard InChI is InChI=1S/C14H12FNO3/c1-8-10(5-3-6-11(8)17)16-14(19)13-9(15)4-2-7-12(13)18/h2-7,17-18H,1H3,(H,16,19). The lowest BCUT2D eigenvalue weighted by atomic mass is 10.1. The Morgan fingerprint density at radius 3 is 2.42 bits per heavy atom. The van der Waals surface area contributed by atoms with E-state index in [0.717, 1.165) is 6.07 Å². The number of benzene rings is 2. The van der Waals surface area contributed by atoms with Crippen molar-refractivity contribution in [3.05, 3.63) is 53.3 Å². The molecule has 0 aliphatic heterocycles. The highest BCUT2D eigenvalue weighted by molar-refractivity contribution is 6.06. The van der Waals surface area contributed by atoms with Crippen LogP contribution < -0.4 is 5.32 Å². The quantitative estimate of drug-likeness (QED) is 0.778. The fourth-order valence-electron chi connectivity index (χ4n) is 1.68. The van der Waals surface area contributed by atoms with E-state index < -0.39 is 23.0 Å². The van der Waals surface area contributed by atoms with E-state index >= 15 is 0 Å². The fraction of sp³-hybridized carbons (Fsp3) is 0.0714. The van der Waals surface area contributed by atoms with Crippen LogP contribution in [0.4, 0.5) is 10.1 Å². The van der Waals surface area contributed by atoms with Crippen LogP contribution in [-0.4, -0.2) is 16.1 Å². The summed E-state index contributed by atoms with van der Waals surface area (Å²) in [6, 6.07) is 8.23. The number of carbonyl (C=O) groups excluding carboxylic acids is 1. The summed E-state index contributed by atoms with van der Waals surface area (Å²) in [5, 5.41) is 21.5. The van der Waals surface area contributed by atoms with Crippen LogP contribution in [0, 0.1) is 12.7 Å². The number of anilines is 1. The van der Waals surface area contributed by atoms with E-state index in [4.69, 9.17) is 0 Å². The lowest BCUT2D eigenvalue weighted by Crippen LogP contribution is -2.14. The molecule has 0 heterocycles. The molecule has 0 atom stereocenters. The maximum atomic E-state index is 13.5.